The molecule has 0 aromatic carbocycles. The molecule has 1 saturated carbocycles. The van der Waals surface area contributed by atoms with Gasteiger partial charge in [-0.05, 0) is 19.3 Å². The summed E-state index contributed by atoms with van der Waals surface area (Å²) in [5.41, 5.74) is 6.50. The maximum Gasteiger partial charge on any atom is 0.304 e. The lowest BCUT2D eigenvalue weighted by Gasteiger charge is -2.09. The molecule has 4 N–H and O–H groups in total. The van der Waals surface area contributed by atoms with Gasteiger partial charge in [0.05, 0.1) is 6.54 Å². The molecule has 1 aromatic rings. The number of aromatic amines is 1. The molecule has 0 radical (unpaired) electrons. The Balaban J connectivity index is 1.82. The summed E-state index contributed by atoms with van der Waals surface area (Å²) in [6, 6.07) is 0.164. The largest absolute Gasteiger partial charge is 0.350 e. The molecule has 16 heavy (non-hydrogen) atoms. The van der Waals surface area contributed by atoms with Crippen LogP contribution in [0.2, 0.25) is 0 Å². The minimum atomic E-state index is -0.0906. The third-order valence-corrected chi connectivity index (χ3v) is 3.59. The van der Waals surface area contributed by atoms with Crippen LogP contribution < -0.4 is 15.9 Å². The quantitative estimate of drug-likeness (QED) is 0.705. The van der Waals surface area contributed by atoms with Crippen LogP contribution in [0.15, 0.2) is 10.2 Å². The van der Waals surface area contributed by atoms with Crippen molar-refractivity contribution < 1.29 is 4.79 Å². The Morgan fingerprint density at radius 2 is 2.44 bits per heavy atom. The van der Waals surface area contributed by atoms with Gasteiger partial charge in [-0.3, -0.25) is 9.59 Å². The maximum atomic E-state index is 11.7. The van der Waals surface area contributed by atoms with Crippen molar-refractivity contribution in [2.24, 2.45) is 11.7 Å². The fourth-order valence-electron chi connectivity index (χ4n) is 1.98. The van der Waals surface area contributed by atoms with Gasteiger partial charge in [-0.2, -0.15) is 0 Å². The molecule has 2 unspecified atom stereocenters. The average molecular weight is 241 g/mol. The summed E-state index contributed by atoms with van der Waals surface area (Å²) >= 11 is 1.11. The molecule has 0 saturated heterocycles. The van der Waals surface area contributed by atoms with Gasteiger partial charge in [0.1, 0.15) is 0 Å². The Hall–Kier alpha value is -1.14. The highest BCUT2D eigenvalue weighted by atomic mass is 32.1. The summed E-state index contributed by atoms with van der Waals surface area (Å²) in [4.78, 5) is 25.1. The zero-order valence-corrected chi connectivity index (χ0v) is 9.68. The molecule has 1 aromatic heterocycles. The van der Waals surface area contributed by atoms with Crippen LogP contribution in [0.4, 0.5) is 0 Å². The van der Waals surface area contributed by atoms with Crippen LogP contribution in [0.5, 0.6) is 0 Å². The van der Waals surface area contributed by atoms with E-state index in [-0.39, 0.29) is 22.7 Å². The van der Waals surface area contributed by atoms with Crippen molar-refractivity contribution in [3.05, 3.63) is 20.7 Å². The molecule has 5 nitrogen and oxygen atoms in total. The predicted molar refractivity (Wildman–Crippen MR) is 62.1 cm³/mol. The Labute approximate surface area is 97.1 Å². The molecule has 1 aliphatic carbocycles. The van der Waals surface area contributed by atoms with Crippen molar-refractivity contribution in [2.45, 2.75) is 31.8 Å². The van der Waals surface area contributed by atoms with E-state index < -0.39 is 0 Å². The molecule has 0 spiro atoms. The highest BCUT2D eigenvalue weighted by Gasteiger charge is 2.27. The highest BCUT2D eigenvalue weighted by Crippen LogP contribution is 2.24. The lowest BCUT2D eigenvalue weighted by molar-refractivity contribution is -0.125. The number of carbonyl (C=O) groups excluding carboxylic acids is 1. The first-order valence-corrected chi connectivity index (χ1v) is 6.23. The van der Waals surface area contributed by atoms with Crippen molar-refractivity contribution in [3.8, 4) is 0 Å². The fourth-order valence-corrected chi connectivity index (χ4v) is 2.56. The first-order chi connectivity index (χ1) is 7.65. The summed E-state index contributed by atoms with van der Waals surface area (Å²) in [6.07, 6.45) is 2.56. The number of H-pyrrole nitrogens is 1. The van der Waals surface area contributed by atoms with E-state index in [0.29, 0.717) is 6.54 Å². The van der Waals surface area contributed by atoms with E-state index in [9.17, 15) is 9.59 Å². The van der Waals surface area contributed by atoms with Crippen LogP contribution in [-0.2, 0) is 11.3 Å². The van der Waals surface area contributed by atoms with Crippen LogP contribution in [0, 0.1) is 5.92 Å². The van der Waals surface area contributed by atoms with Gasteiger partial charge in [-0.15, -0.1) is 0 Å². The fraction of sp³-hybridized carbons (Fsp3) is 0.600. The first-order valence-electron chi connectivity index (χ1n) is 5.35. The van der Waals surface area contributed by atoms with E-state index in [2.05, 4.69) is 10.3 Å². The second-order valence-corrected chi connectivity index (χ2v) is 5.00. The van der Waals surface area contributed by atoms with E-state index in [0.717, 1.165) is 36.3 Å². The summed E-state index contributed by atoms with van der Waals surface area (Å²) in [5, 5.41) is 4.54. The molecule has 6 heteroatoms. The van der Waals surface area contributed by atoms with Crippen molar-refractivity contribution >= 4 is 17.2 Å². The second-order valence-electron chi connectivity index (χ2n) is 4.16. The zero-order chi connectivity index (χ0) is 11.5. The SMILES string of the molecule is NC1CCC(C(=O)NCc2csc(=O)[nH]2)C1. The smallest absolute Gasteiger partial charge is 0.304 e. The number of hydrogen-bond acceptors (Lipinski definition) is 4. The maximum absolute atomic E-state index is 11.7. The summed E-state index contributed by atoms with van der Waals surface area (Å²) in [6.45, 7) is 0.392. The van der Waals surface area contributed by atoms with Gasteiger partial charge < -0.3 is 16.0 Å². The summed E-state index contributed by atoms with van der Waals surface area (Å²) in [7, 11) is 0. The monoisotopic (exact) mass is 241 g/mol. The molecule has 1 fully saturated rings. The standard InChI is InChI=1S/C10H15N3O2S/c11-7-2-1-6(3-7)9(14)12-4-8-5-16-10(15)13-8/h5-7H,1-4,11H2,(H,12,14)(H,13,15). The lowest BCUT2D eigenvalue weighted by atomic mass is 10.1. The van der Waals surface area contributed by atoms with Crippen molar-refractivity contribution in [3.63, 3.8) is 0 Å². The normalized spacial score (nSPS) is 24.6. The minimum absolute atomic E-state index is 0.0417. The molecule has 0 bridgehead atoms. The molecule has 0 aliphatic heterocycles. The van der Waals surface area contributed by atoms with E-state index in [1.807, 2.05) is 0 Å². The molecule has 1 heterocycles. The van der Waals surface area contributed by atoms with E-state index in [1.165, 1.54) is 0 Å². The Morgan fingerprint density at radius 3 is 3.00 bits per heavy atom. The van der Waals surface area contributed by atoms with Gasteiger partial charge in [0.2, 0.25) is 5.91 Å². The highest BCUT2D eigenvalue weighted by molar-refractivity contribution is 7.07. The number of rotatable bonds is 3. The topological polar surface area (TPSA) is 88.0 Å². The minimum Gasteiger partial charge on any atom is -0.350 e. The molecule has 1 amide bonds. The lowest BCUT2D eigenvalue weighted by Crippen LogP contribution is -2.30. The molecule has 1 aliphatic rings. The molecular formula is C10H15N3O2S. The van der Waals surface area contributed by atoms with Crippen LogP contribution >= 0.6 is 11.3 Å². The Kier molecular flexibility index (Phi) is 3.40. The number of aromatic nitrogens is 1. The van der Waals surface area contributed by atoms with E-state index in [4.69, 9.17) is 5.73 Å². The van der Waals surface area contributed by atoms with Crippen LogP contribution in [0.1, 0.15) is 25.0 Å². The predicted octanol–water partition coefficient (Wildman–Crippen LogP) is 0.180. The molecule has 88 valence electrons. The van der Waals surface area contributed by atoms with Gasteiger partial charge in [-0.25, -0.2) is 0 Å². The van der Waals surface area contributed by atoms with Crippen LogP contribution in [0.25, 0.3) is 0 Å². The van der Waals surface area contributed by atoms with Gasteiger partial charge in [0, 0.05) is 23.0 Å². The molecule has 2 rings (SSSR count). The Morgan fingerprint density at radius 1 is 1.62 bits per heavy atom. The Bertz CT molecular complexity index is 426. The van der Waals surface area contributed by atoms with Crippen LogP contribution in [-0.4, -0.2) is 16.9 Å². The third kappa shape index (κ3) is 2.70. The third-order valence-electron chi connectivity index (χ3n) is 2.87. The number of hydrogen-bond donors (Lipinski definition) is 3. The number of carbonyl (C=O) groups is 1. The second kappa shape index (κ2) is 4.80. The zero-order valence-electron chi connectivity index (χ0n) is 8.86. The molecule has 2 atom stereocenters. The van der Waals surface area contributed by atoms with Crippen LogP contribution in [0.3, 0.4) is 0 Å². The van der Waals surface area contributed by atoms with Gasteiger partial charge in [0.15, 0.2) is 0 Å². The summed E-state index contributed by atoms with van der Waals surface area (Å²) in [5.74, 6) is 0.0837. The number of thiazole rings is 1. The van der Waals surface area contributed by atoms with Gasteiger partial charge >= 0.3 is 4.87 Å². The van der Waals surface area contributed by atoms with E-state index in [1.54, 1.807) is 5.38 Å². The molecular weight excluding hydrogens is 226 g/mol. The van der Waals surface area contributed by atoms with Gasteiger partial charge in [0.25, 0.3) is 0 Å². The van der Waals surface area contributed by atoms with Crippen molar-refractivity contribution in [1.29, 1.82) is 0 Å². The number of nitrogens with two attached hydrogens (primary N) is 1. The average Bonchev–Trinajstić information content (AvgIpc) is 2.84. The summed E-state index contributed by atoms with van der Waals surface area (Å²) < 4.78 is 0. The van der Waals surface area contributed by atoms with E-state index >= 15 is 0 Å². The van der Waals surface area contributed by atoms with Gasteiger partial charge in [-0.1, -0.05) is 11.3 Å². The first kappa shape index (κ1) is 11.3. The van der Waals surface area contributed by atoms with Crippen molar-refractivity contribution in [2.75, 3.05) is 0 Å². The number of amides is 1. The van der Waals surface area contributed by atoms with Crippen molar-refractivity contribution in [1.82, 2.24) is 10.3 Å². The number of nitrogens with one attached hydrogen (secondary N) is 2.